The molecule has 0 atom stereocenters. The van der Waals surface area contributed by atoms with Gasteiger partial charge in [0.1, 0.15) is 5.75 Å². The fraction of sp³-hybridized carbons (Fsp3) is 0.333. The third kappa shape index (κ3) is 4.91. The van der Waals surface area contributed by atoms with E-state index >= 15 is 0 Å². The van der Waals surface area contributed by atoms with Gasteiger partial charge in [-0.2, -0.15) is 0 Å². The smallest absolute Gasteiger partial charge is 0.261 e. The summed E-state index contributed by atoms with van der Waals surface area (Å²) < 4.78 is 28.2. The molecule has 0 spiro atoms. The van der Waals surface area contributed by atoms with Gasteiger partial charge in [-0.3, -0.25) is 0 Å². The van der Waals surface area contributed by atoms with Crippen molar-refractivity contribution in [2.75, 3.05) is 0 Å². The third-order valence-electron chi connectivity index (χ3n) is 1.50. The van der Waals surface area contributed by atoms with Crippen molar-refractivity contribution in [3.8, 4) is 5.75 Å². The molecule has 1 rings (SSSR count). The lowest BCUT2D eigenvalue weighted by Crippen LogP contribution is -2.06. The Balaban J connectivity index is 0.00000225. The molecule has 0 saturated carbocycles. The predicted octanol–water partition coefficient (Wildman–Crippen LogP) is 3.59. The third-order valence-corrected chi connectivity index (χ3v) is 3.29. The summed E-state index contributed by atoms with van der Waals surface area (Å²) in [6.07, 6.45) is -0.0230. The van der Waals surface area contributed by atoms with Gasteiger partial charge in [-0.15, -0.1) is 12.4 Å². The zero-order chi connectivity index (χ0) is 11.6. The molecule has 7 heteroatoms. The van der Waals surface area contributed by atoms with Crippen LogP contribution in [-0.2, 0) is 9.05 Å². The zero-order valence-corrected chi connectivity index (χ0v) is 12.6. The second kappa shape index (κ2) is 6.10. The molecule has 0 saturated heterocycles. The maximum Gasteiger partial charge on any atom is 0.261 e. The Morgan fingerprint density at radius 2 is 1.88 bits per heavy atom. The Hall–Kier alpha value is 0.0300. The minimum absolute atomic E-state index is 0. The number of benzene rings is 1. The van der Waals surface area contributed by atoms with E-state index in [0.29, 0.717) is 10.2 Å². The van der Waals surface area contributed by atoms with E-state index in [1.165, 1.54) is 12.1 Å². The van der Waals surface area contributed by atoms with Crippen LogP contribution in [0, 0.1) is 0 Å². The summed E-state index contributed by atoms with van der Waals surface area (Å²) in [6.45, 7) is 3.71. The minimum atomic E-state index is -3.72. The molecule has 92 valence electrons. The molecule has 16 heavy (non-hydrogen) atoms. The fourth-order valence-corrected chi connectivity index (χ4v) is 2.43. The molecule has 1 aromatic carbocycles. The van der Waals surface area contributed by atoms with Crippen molar-refractivity contribution in [2.24, 2.45) is 0 Å². The first-order valence-corrected chi connectivity index (χ1v) is 7.31. The van der Waals surface area contributed by atoms with Crippen molar-refractivity contribution in [1.29, 1.82) is 0 Å². The monoisotopic (exact) mass is 348 g/mol. The van der Waals surface area contributed by atoms with Gasteiger partial charge in [0.25, 0.3) is 9.05 Å². The standard InChI is InChI=1S/C9H10BrClO3S.ClH/c1-6(2)14-8-3-7(10)4-9(5-8)15(11,12)13;/h3-6H,1-2H3;1H. The topological polar surface area (TPSA) is 43.4 Å². The lowest BCUT2D eigenvalue weighted by Gasteiger charge is -2.10. The summed E-state index contributed by atoms with van der Waals surface area (Å²) in [5.74, 6) is 0.471. The summed E-state index contributed by atoms with van der Waals surface area (Å²) in [7, 11) is 1.51. The van der Waals surface area contributed by atoms with Crippen LogP contribution in [0.1, 0.15) is 13.8 Å². The number of hydrogen-bond donors (Lipinski definition) is 0. The fourth-order valence-electron chi connectivity index (χ4n) is 1.02. The van der Waals surface area contributed by atoms with E-state index < -0.39 is 9.05 Å². The van der Waals surface area contributed by atoms with Crippen LogP contribution in [0.3, 0.4) is 0 Å². The Labute approximate surface area is 114 Å². The van der Waals surface area contributed by atoms with Crippen molar-refractivity contribution in [2.45, 2.75) is 24.8 Å². The molecular weight excluding hydrogens is 339 g/mol. The molecule has 0 aliphatic rings. The van der Waals surface area contributed by atoms with Crippen LogP contribution >= 0.6 is 39.0 Å². The quantitative estimate of drug-likeness (QED) is 0.783. The zero-order valence-electron chi connectivity index (χ0n) is 8.61. The van der Waals surface area contributed by atoms with Gasteiger partial charge < -0.3 is 4.74 Å². The number of hydrogen-bond acceptors (Lipinski definition) is 3. The SMILES string of the molecule is CC(C)Oc1cc(Br)cc(S(=O)(=O)Cl)c1.Cl. The van der Waals surface area contributed by atoms with E-state index in [1.807, 2.05) is 13.8 Å². The number of ether oxygens (including phenoxy) is 1. The highest BCUT2D eigenvalue weighted by molar-refractivity contribution is 9.10. The molecule has 0 bridgehead atoms. The maximum absolute atomic E-state index is 11.1. The van der Waals surface area contributed by atoms with Gasteiger partial charge in [-0.25, -0.2) is 8.42 Å². The second-order valence-corrected chi connectivity index (χ2v) is 6.71. The molecule has 0 amide bonds. The van der Waals surface area contributed by atoms with Crippen molar-refractivity contribution in [1.82, 2.24) is 0 Å². The van der Waals surface area contributed by atoms with Gasteiger partial charge in [0, 0.05) is 21.2 Å². The summed E-state index contributed by atoms with van der Waals surface area (Å²) in [5.41, 5.74) is 0. The van der Waals surface area contributed by atoms with Gasteiger partial charge in [0.2, 0.25) is 0 Å². The number of rotatable bonds is 3. The molecule has 3 nitrogen and oxygen atoms in total. The average Bonchev–Trinajstić information content (AvgIpc) is 1.99. The summed E-state index contributed by atoms with van der Waals surface area (Å²) in [6, 6.07) is 4.51. The highest BCUT2D eigenvalue weighted by Gasteiger charge is 2.12. The van der Waals surface area contributed by atoms with Crippen LogP contribution in [0.2, 0.25) is 0 Å². The summed E-state index contributed by atoms with van der Waals surface area (Å²) in [4.78, 5) is 0.0224. The van der Waals surface area contributed by atoms with Gasteiger partial charge in [0.15, 0.2) is 0 Å². The number of halogens is 3. The Morgan fingerprint density at radius 3 is 2.31 bits per heavy atom. The first-order chi connectivity index (χ1) is 6.79. The first-order valence-electron chi connectivity index (χ1n) is 4.21. The van der Waals surface area contributed by atoms with Crippen LogP contribution < -0.4 is 4.74 Å². The van der Waals surface area contributed by atoms with Crippen molar-refractivity contribution in [3.05, 3.63) is 22.7 Å². The Morgan fingerprint density at radius 1 is 1.31 bits per heavy atom. The van der Waals surface area contributed by atoms with Gasteiger partial charge >= 0.3 is 0 Å². The average molecular weight is 350 g/mol. The summed E-state index contributed by atoms with van der Waals surface area (Å²) >= 11 is 3.19. The molecule has 0 aliphatic heterocycles. The van der Waals surface area contributed by atoms with Crippen molar-refractivity contribution >= 4 is 48.1 Å². The van der Waals surface area contributed by atoms with E-state index in [2.05, 4.69) is 15.9 Å². The van der Waals surface area contributed by atoms with Crippen LogP contribution in [-0.4, -0.2) is 14.5 Å². The van der Waals surface area contributed by atoms with Crippen LogP contribution in [0.4, 0.5) is 0 Å². The largest absolute Gasteiger partial charge is 0.491 e. The predicted molar refractivity (Wildman–Crippen MR) is 70.2 cm³/mol. The van der Waals surface area contributed by atoms with E-state index in [9.17, 15) is 8.42 Å². The molecule has 0 unspecified atom stereocenters. The van der Waals surface area contributed by atoms with E-state index in [1.54, 1.807) is 6.07 Å². The molecule has 0 fully saturated rings. The first kappa shape index (κ1) is 16.0. The van der Waals surface area contributed by atoms with Crippen LogP contribution in [0.5, 0.6) is 5.75 Å². The Bertz CT molecular complexity index is 460. The normalized spacial score (nSPS) is 11.1. The highest BCUT2D eigenvalue weighted by atomic mass is 79.9. The molecule has 0 N–H and O–H groups in total. The second-order valence-electron chi connectivity index (χ2n) is 3.23. The van der Waals surface area contributed by atoms with E-state index in [-0.39, 0.29) is 23.4 Å². The summed E-state index contributed by atoms with van der Waals surface area (Å²) in [5, 5.41) is 0. The van der Waals surface area contributed by atoms with Gasteiger partial charge in [-0.1, -0.05) is 15.9 Å². The maximum atomic E-state index is 11.1. The highest BCUT2D eigenvalue weighted by Crippen LogP contribution is 2.26. The molecule has 0 radical (unpaired) electrons. The minimum Gasteiger partial charge on any atom is -0.491 e. The lowest BCUT2D eigenvalue weighted by atomic mass is 10.3. The molecular formula is C9H11BrCl2O3S. The van der Waals surface area contributed by atoms with Gasteiger partial charge in [0.05, 0.1) is 11.0 Å². The van der Waals surface area contributed by atoms with E-state index in [4.69, 9.17) is 15.4 Å². The molecule has 1 aromatic rings. The van der Waals surface area contributed by atoms with Crippen molar-refractivity contribution < 1.29 is 13.2 Å². The van der Waals surface area contributed by atoms with Crippen LogP contribution in [0.25, 0.3) is 0 Å². The lowest BCUT2D eigenvalue weighted by molar-refractivity contribution is 0.241. The molecule has 0 aliphatic carbocycles. The van der Waals surface area contributed by atoms with Crippen molar-refractivity contribution in [3.63, 3.8) is 0 Å². The molecule has 0 aromatic heterocycles. The molecule has 0 heterocycles. The van der Waals surface area contributed by atoms with Gasteiger partial charge in [-0.05, 0) is 26.0 Å². The Kier molecular flexibility index (Phi) is 6.11. The van der Waals surface area contributed by atoms with E-state index in [0.717, 1.165) is 0 Å². The van der Waals surface area contributed by atoms with Crippen LogP contribution in [0.15, 0.2) is 27.6 Å².